The Labute approximate surface area is 110 Å². The highest BCUT2D eigenvalue weighted by atomic mass is 16.5. The van der Waals surface area contributed by atoms with Gasteiger partial charge < -0.3 is 10.1 Å². The zero-order valence-electron chi connectivity index (χ0n) is 11.2. The van der Waals surface area contributed by atoms with Crippen LogP contribution in [-0.4, -0.2) is 13.7 Å². The second-order valence-corrected chi connectivity index (χ2v) is 5.67. The molecule has 2 heteroatoms. The second kappa shape index (κ2) is 5.21. The second-order valence-electron chi connectivity index (χ2n) is 5.67. The highest BCUT2D eigenvalue weighted by Crippen LogP contribution is 2.43. The largest absolute Gasteiger partial charge is 0.497 e. The molecule has 1 heterocycles. The number of anilines is 1. The van der Waals surface area contributed by atoms with Crippen LogP contribution in [0.25, 0.3) is 0 Å². The van der Waals surface area contributed by atoms with E-state index in [4.69, 9.17) is 4.74 Å². The first kappa shape index (κ1) is 11.9. The van der Waals surface area contributed by atoms with Gasteiger partial charge in [-0.05, 0) is 42.7 Å². The van der Waals surface area contributed by atoms with Gasteiger partial charge in [-0.25, -0.2) is 0 Å². The standard InChI is InChI=1S/C16H23NO/c1-18-13-7-8-15-14(9-10-17-16(15)11-13)12-5-3-2-4-6-12/h7-8,11-12,14,17H,2-6,9-10H2,1H3. The molecule has 0 saturated heterocycles. The number of methoxy groups -OCH3 is 1. The molecule has 1 atom stereocenters. The molecule has 0 amide bonds. The zero-order chi connectivity index (χ0) is 12.4. The van der Waals surface area contributed by atoms with Gasteiger partial charge in [0.1, 0.15) is 5.75 Å². The van der Waals surface area contributed by atoms with E-state index in [1.807, 2.05) is 0 Å². The van der Waals surface area contributed by atoms with Crippen LogP contribution in [-0.2, 0) is 0 Å². The minimum absolute atomic E-state index is 0.771. The number of benzene rings is 1. The monoisotopic (exact) mass is 245 g/mol. The van der Waals surface area contributed by atoms with E-state index in [1.54, 1.807) is 7.11 Å². The fraction of sp³-hybridized carbons (Fsp3) is 0.625. The van der Waals surface area contributed by atoms with Crippen molar-refractivity contribution in [2.24, 2.45) is 5.92 Å². The molecule has 98 valence electrons. The summed E-state index contributed by atoms with van der Waals surface area (Å²) in [5, 5.41) is 3.53. The SMILES string of the molecule is COc1ccc2c(c1)NCCC2C1CCCCC1. The van der Waals surface area contributed by atoms with Gasteiger partial charge in [-0.3, -0.25) is 0 Å². The molecule has 0 aromatic heterocycles. The Bertz CT molecular complexity index is 410. The van der Waals surface area contributed by atoms with E-state index in [0.29, 0.717) is 0 Å². The van der Waals surface area contributed by atoms with Crippen LogP contribution in [0.1, 0.15) is 50.0 Å². The predicted octanol–water partition coefficient (Wildman–Crippen LogP) is 4.17. The van der Waals surface area contributed by atoms with E-state index in [-0.39, 0.29) is 0 Å². The average molecular weight is 245 g/mol. The van der Waals surface area contributed by atoms with Crippen LogP contribution in [0, 0.1) is 5.92 Å². The van der Waals surface area contributed by atoms with Crippen LogP contribution in [0.5, 0.6) is 5.75 Å². The Kier molecular flexibility index (Phi) is 3.44. The van der Waals surface area contributed by atoms with Crippen molar-refractivity contribution in [3.05, 3.63) is 23.8 Å². The van der Waals surface area contributed by atoms with Gasteiger partial charge >= 0.3 is 0 Å². The summed E-state index contributed by atoms with van der Waals surface area (Å²) in [6, 6.07) is 6.55. The van der Waals surface area contributed by atoms with Crippen LogP contribution < -0.4 is 10.1 Å². The highest BCUT2D eigenvalue weighted by molar-refractivity contribution is 5.58. The molecule has 2 aliphatic rings. The molecule has 1 saturated carbocycles. The molecule has 1 aromatic rings. The first-order chi connectivity index (χ1) is 8.88. The van der Waals surface area contributed by atoms with Crippen molar-refractivity contribution in [1.29, 1.82) is 0 Å². The van der Waals surface area contributed by atoms with E-state index >= 15 is 0 Å². The van der Waals surface area contributed by atoms with Crippen molar-refractivity contribution in [1.82, 2.24) is 0 Å². The summed E-state index contributed by atoms with van der Waals surface area (Å²) in [4.78, 5) is 0. The maximum Gasteiger partial charge on any atom is 0.120 e. The third-order valence-corrected chi connectivity index (χ3v) is 4.65. The van der Waals surface area contributed by atoms with E-state index in [0.717, 1.165) is 24.1 Å². The van der Waals surface area contributed by atoms with E-state index < -0.39 is 0 Å². The van der Waals surface area contributed by atoms with Gasteiger partial charge in [0.15, 0.2) is 0 Å². The van der Waals surface area contributed by atoms with Crippen molar-refractivity contribution in [2.75, 3.05) is 19.0 Å². The van der Waals surface area contributed by atoms with Crippen LogP contribution in [0.2, 0.25) is 0 Å². The van der Waals surface area contributed by atoms with Crippen LogP contribution in [0.3, 0.4) is 0 Å². The summed E-state index contributed by atoms with van der Waals surface area (Å²) in [5.74, 6) is 2.64. The molecular weight excluding hydrogens is 222 g/mol. The minimum Gasteiger partial charge on any atom is -0.497 e. The number of ether oxygens (including phenoxy) is 1. The molecule has 18 heavy (non-hydrogen) atoms. The minimum atomic E-state index is 0.771. The smallest absolute Gasteiger partial charge is 0.120 e. The van der Waals surface area contributed by atoms with Crippen molar-refractivity contribution < 1.29 is 4.74 Å². The molecule has 0 spiro atoms. The lowest BCUT2D eigenvalue weighted by Gasteiger charge is -2.35. The highest BCUT2D eigenvalue weighted by Gasteiger charge is 2.28. The van der Waals surface area contributed by atoms with Gasteiger partial charge in [-0.1, -0.05) is 25.3 Å². The molecular formula is C16H23NO. The number of fused-ring (bicyclic) bond motifs is 1. The number of hydrogen-bond donors (Lipinski definition) is 1. The van der Waals surface area contributed by atoms with Crippen molar-refractivity contribution in [3.8, 4) is 5.75 Å². The Morgan fingerprint density at radius 2 is 1.94 bits per heavy atom. The van der Waals surface area contributed by atoms with E-state index in [9.17, 15) is 0 Å². The topological polar surface area (TPSA) is 21.3 Å². The molecule has 1 N–H and O–H groups in total. The van der Waals surface area contributed by atoms with Crippen molar-refractivity contribution in [2.45, 2.75) is 44.4 Å². The number of hydrogen-bond acceptors (Lipinski definition) is 2. The zero-order valence-corrected chi connectivity index (χ0v) is 11.2. The normalized spacial score (nSPS) is 24.2. The number of rotatable bonds is 2. The first-order valence-corrected chi connectivity index (χ1v) is 7.30. The van der Waals surface area contributed by atoms with Crippen LogP contribution in [0.4, 0.5) is 5.69 Å². The van der Waals surface area contributed by atoms with Gasteiger partial charge in [-0.15, -0.1) is 0 Å². The molecule has 2 nitrogen and oxygen atoms in total. The van der Waals surface area contributed by atoms with Gasteiger partial charge in [0, 0.05) is 18.3 Å². The van der Waals surface area contributed by atoms with E-state index in [1.165, 1.54) is 49.8 Å². The Hall–Kier alpha value is -1.18. The average Bonchev–Trinajstić information content (AvgIpc) is 2.47. The van der Waals surface area contributed by atoms with Crippen molar-refractivity contribution >= 4 is 5.69 Å². The third kappa shape index (κ3) is 2.21. The molecule has 1 aromatic carbocycles. The quantitative estimate of drug-likeness (QED) is 0.844. The molecule has 1 aliphatic carbocycles. The Morgan fingerprint density at radius 3 is 2.72 bits per heavy atom. The first-order valence-electron chi connectivity index (χ1n) is 7.30. The molecule has 1 aliphatic heterocycles. The summed E-state index contributed by atoms with van der Waals surface area (Å²) in [6.07, 6.45) is 8.45. The van der Waals surface area contributed by atoms with Crippen LogP contribution >= 0.6 is 0 Å². The molecule has 1 fully saturated rings. The Balaban J connectivity index is 1.86. The molecule has 3 rings (SSSR count). The fourth-order valence-electron chi connectivity index (χ4n) is 3.68. The molecule has 1 unspecified atom stereocenters. The lowest BCUT2D eigenvalue weighted by molar-refractivity contribution is 0.294. The third-order valence-electron chi connectivity index (χ3n) is 4.65. The lowest BCUT2D eigenvalue weighted by atomic mass is 9.74. The Morgan fingerprint density at radius 1 is 1.11 bits per heavy atom. The van der Waals surface area contributed by atoms with Crippen molar-refractivity contribution in [3.63, 3.8) is 0 Å². The van der Waals surface area contributed by atoms with E-state index in [2.05, 4.69) is 23.5 Å². The number of nitrogens with one attached hydrogen (secondary N) is 1. The van der Waals surface area contributed by atoms with Gasteiger partial charge in [0.2, 0.25) is 0 Å². The summed E-state index contributed by atoms with van der Waals surface area (Å²) >= 11 is 0. The molecule has 0 bridgehead atoms. The lowest BCUT2D eigenvalue weighted by Crippen LogP contribution is -2.24. The van der Waals surface area contributed by atoms with Gasteiger partial charge in [0.05, 0.1) is 7.11 Å². The predicted molar refractivity (Wildman–Crippen MR) is 75.4 cm³/mol. The summed E-state index contributed by atoms with van der Waals surface area (Å²) in [6.45, 7) is 1.11. The fourth-order valence-corrected chi connectivity index (χ4v) is 3.68. The maximum atomic E-state index is 5.32. The molecule has 0 radical (unpaired) electrons. The van der Waals surface area contributed by atoms with Crippen LogP contribution in [0.15, 0.2) is 18.2 Å². The maximum absolute atomic E-state index is 5.32. The summed E-state index contributed by atoms with van der Waals surface area (Å²) < 4.78 is 5.32. The van der Waals surface area contributed by atoms with Gasteiger partial charge in [-0.2, -0.15) is 0 Å². The summed E-state index contributed by atoms with van der Waals surface area (Å²) in [7, 11) is 1.74. The van der Waals surface area contributed by atoms with Gasteiger partial charge in [0.25, 0.3) is 0 Å². The summed E-state index contributed by atoms with van der Waals surface area (Å²) in [5.41, 5.74) is 2.82.